The average molecular weight is 424 g/mol. The van der Waals surface area contributed by atoms with Crippen molar-refractivity contribution in [3.8, 4) is 0 Å². The molecule has 6 heteroatoms. The zero-order chi connectivity index (χ0) is 22.1. The van der Waals surface area contributed by atoms with Crippen LogP contribution in [0.1, 0.15) is 73.1 Å². The topological polar surface area (TPSA) is 98.5 Å². The SMILES string of the molecule is CC1=CCC[C@H](C)[C@@]1(C)CC/C(C)=C/CC/C(C)=C/CS(=O)(=O)CCN=C(N)N. The number of nitrogens with zero attached hydrogens (tertiary/aromatic N) is 1. The summed E-state index contributed by atoms with van der Waals surface area (Å²) in [5.41, 5.74) is 14.8. The van der Waals surface area contributed by atoms with E-state index in [1.54, 1.807) is 5.57 Å². The highest BCUT2D eigenvalue weighted by Crippen LogP contribution is 2.45. The molecule has 5 nitrogen and oxygen atoms in total. The monoisotopic (exact) mass is 423 g/mol. The zero-order valence-electron chi connectivity index (χ0n) is 19.0. The third-order valence-corrected chi connectivity index (χ3v) is 7.97. The van der Waals surface area contributed by atoms with Gasteiger partial charge in [-0.1, -0.05) is 48.8 Å². The second-order valence-electron chi connectivity index (χ2n) is 8.84. The Labute approximate surface area is 178 Å². The molecule has 0 unspecified atom stereocenters. The van der Waals surface area contributed by atoms with E-state index in [9.17, 15) is 8.42 Å². The largest absolute Gasteiger partial charge is 0.370 e. The molecule has 0 saturated heterocycles. The molecule has 1 rings (SSSR count). The van der Waals surface area contributed by atoms with Gasteiger partial charge in [-0.15, -0.1) is 0 Å². The van der Waals surface area contributed by atoms with E-state index in [1.165, 1.54) is 24.8 Å². The van der Waals surface area contributed by atoms with Crippen molar-refractivity contribution in [1.82, 2.24) is 0 Å². The smallest absolute Gasteiger partial charge is 0.185 e. The van der Waals surface area contributed by atoms with E-state index in [-0.39, 0.29) is 24.0 Å². The lowest BCUT2D eigenvalue weighted by molar-refractivity contribution is 0.211. The molecule has 0 fully saturated rings. The minimum atomic E-state index is -3.17. The third-order valence-electron chi connectivity index (χ3n) is 6.49. The summed E-state index contributed by atoms with van der Waals surface area (Å²) < 4.78 is 24.0. The normalized spacial score (nSPS) is 23.6. The van der Waals surface area contributed by atoms with Gasteiger partial charge in [-0.25, -0.2) is 8.42 Å². The molecule has 2 atom stereocenters. The first kappa shape index (κ1) is 25.5. The number of guanidine groups is 1. The molecule has 0 radical (unpaired) electrons. The predicted molar refractivity (Wildman–Crippen MR) is 126 cm³/mol. The fourth-order valence-electron chi connectivity index (χ4n) is 3.81. The van der Waals surface area contributed by atoms with E-state index >= 15 is 0 Å². The van der Waals surface area contributed by atoms with Crippen molar-refractivity contribution in [2.24, 2.45) is 27.8 Å². The maximum Gasteiger partial charge on any atom is 0.185 e. The highest BCUT2D eigenvalue weighted by molar-refractivity contribution is 7.91. The van der Waals surface area contributed by atoms with Crippen LogP contribution in [0, 0.1) is 11.3 Å². The second kappa shape index (κ2) is 11.6. The number of sulfone groups is 1. The zero-order valence-corrected chi connectivity index (χ0v) is 19.8. The fraction of sp³-hybridized carbons (Fsp3) is 0.696. The van der Waals surface area contributed by atoms with Crippen LogP contribution in [0.4, 0.5) is 0 Å². The van der Waals surface area contributed by atoms with E-state index in [0.29, 0.717) is 5.41 Å². The molecule has 0 saturated carbocycles. The molecule has 0 aromatic carbocycles. The van der Waals surface area contributed by atoms with Crippen LogP contribution in [0.2, 0.25) is 0 Å². The van der Waals surface area contributed by atoms with Gasteiger partial charge in [0.15, 0.2) is 15.8 Å². The third kappa shape index (κ3) is 9.20. The summed E-state index contributed by atoms with van der Waals surface area (Å²) in [5.74, 6) is 0.675. The summed E-state index contributed by atoms with van der Waals surface area (Å²) in [7, 11) is -3.17. The van der Waals surface area contributed by atoms with Gasteiger partial charge in [0.1, 0.15) is 0 Å². The van der Waals surface area contributed by atoms with Gasteiger partial charge in [0.05, 0.1) is 18.1 Å². The number of rotatable bonds is 11. The maximum atomic E-state index is 12.0. The van der Waals surface area contributed by atoms with Gasteiger partial charge in [0, 0.05) is 0 Å². The molecule has 29 heavy (non-hydrogen) atoms. The van der Waals surface area contributed by atoms with Gasteiger partial charge in [-0.3, -0.25) is 4.99 Å². The molecule has 0 aromatic rings. The summed E-state index contributed by atoms with van der Waals surface area (Å²) in [6.07, 6.45) is 13.2. The Hall–Kier alpha value is -1.56. The second-order valence-corrected chi connectivity index (χ2v) is 11.1. The minimum Gasteiger partial charge on any atom is -0.370 e. The van der Waals surface area contributed by atoms with Gasteiger partial charge >= 0.3 is 0 Å². The predicted octanol–water partition coefficient (Wildman–Crippen LogP) is 4.51. The molecule has 0 spiro atoms. The van der Waals surface area contributed by atoms with Gasteiger partial charge in [-0.05, 0) is 70.6 Å². The van der Waals surface area contributed by atoms with Crippen molar-refractivity contribution in [3.05, 3.63) is 34.9 Å². The van der Waals surface area contributed by atoms with Crippen LogP contribution >= 0.6 is 0 Å². The van der Waals surface area contributed by atoms with Crippen molar-refractivity contribution >= 4 is 15.8 Å². The standard InChI is InChI=1S/C23H41N3O2S/c1-18(12-14-23(5)20(3)10-7-11-21(23)4)8-6-9-19(2)13-16-29(27,28)17-15-26-22(24)25/h8,10,13,21H,6-7,9,11-12,14-17H2,1-5H3,(H4,24,25,26)/b18-8+,19-13+/t21-,23-/m0/s1. The van der Waals surface area contributed by atoms with Crippen LogP contribution in [0.15, 0.2) is 39.9 Å². The summed E-state index contributed by atoms with van der Waals surface area (Å²) in [5, 5.41) is 0. The molecule has 0 aliphatic heterocycles. The van der Waals surface area contributed by atoms with Crippen molar-refractivity contribution < 1.29 is 8.42 Å². The lowest BCUT2D eigenvalue weighted by Gasteiger charge is -2.40. The number of hydrogen-bond acceptors (Lipinski definition) is 3. The molecule has 0 amide bonds. The molecule has 4 N–H and O–H groups in total. The van der Waals surface area contributed by atoms with Crippen LogP contribution in [-0.4, -0.2) is 32.4 Å². The molecule has 0 bridgehead atoms. The Morgan fingerprint density at radius 2 is 1.90 bits per heavy atom. The number of aliphatic imine (C=N–C) groups is 1. The Morgan fingerprint density at radius 3 is 2.52 bits per heavy atom. The van der Waals surface area contributed by atoms with Crippen LogP contribution in [0.5, 0.6) is 0 Å². The summed E-state index contributed by atoms with van der Waals surface area (Å²) >= 11 is 0. The van der Waals surface area contributed by atoms with Crippen LogP contribution < -0.4 is 11.5 Å². The molecule has 1 aliphatic carbocycles. The first-order valence-electron chi connectivity index (χ1n) is 10.7. The van der Waals surface area contributed by atoms with Crippen molar-refractivity contribution in [2.45, 2.75) is 73.1 Å². The Bertz CT molecular complexity index is 759. The van der Waals surface area contributed by atoms with Gasteiger partial charge in [-0.2, -0.15) is 0 Å². The van der Waals surface area contributed by atoms with Gasteiger partial charge in [0.2, 0.25) is 0 Å². The van der Waals surface area contributed by atoms with Crippen molar-refractivity contribution in [3.63, 3.8) is 0 Å². The number of allylic oxidation sites excluding steroid dienone is 5. The van der Waals surface area contributed by atoms with Crippen molar-refractivity contribution in [2.75, 3.05) is 18.1 Å². The minimum absolute atomic E-state index is 0.0290. The number of nitrogens with two attached hydrogens (primary N) is 2. The van der Waals surface area contributed by atoms with Crippen molar-refractivity contribution in [1.29, 1.82) is 0 Å². The van der Waals surface area contributed by atoms with E-state index in [2.05, 4.69) is 44.8 Å². The summed E-state index contributed by atoms with van der Waals surface area (Å²) in [6.45, 7) is 11.4. The molecule has 0 aromatic heterocycles. The first-order chi connectivity index (χ1) is 13.5. The number of hydrogen-bond donors (Lipinski definition) is 2. The highest BCUT2D eigenvalue weighted by atomic mass is 32.2. The molecule has 166 valence electrons. The Morgan fingerprint density at radius 1 is 1.24 bits per heavy atom. The van der Waals surface area contributed by atoms with E-state index < -0.39 is 9.84 Å². The Balaban J connectivity index is 2.45. The maximum absolute atomic E-state index is 12.0. The Kier molecular flexibility index (Phi) is 10.2. The molecular formula is C23H41N3O2S. The molecule has 0 heterocycles. The van der Waals surface area contributed by atoms with E-state index in [0.717, 1.165) is 30.8 Å². The summed E-state index contributed by atoms with van der Waals surface area (Å²) in [4.78, 5) is 3.73. The van der Waals surface area contributed by atoms with Gasteiger partial charge < -0.3 is 11.5 Å². The first-order valence-corrected chi connectivity index (χ1v) is 12.5. The lowest BCUT2D eigenvalue weighted by Crippen LogP contribution is -2.29. The fourth-order valence-corrected chi connectivity index (χ4v) is 4.88. The lowest BCUT2D eigenvalue weighted by atomic mass is 9.65. The average Bonchev–Trinajstić information content (AvgIpc) is 2.62. The molecule has 1 aliphatic rings. The van der Waals surface area contributed by atoms with E-state index in [4.69, 9.17) is 11.5 Å². The molecular weight excluding hydrogens is 382 g/mol. The van der Waals surface area contributed by atoms with E-state index in [1.807, 2.05) is 13.0 Å². The van der Waals surface area contributed by atoms with Crippen LogP contribution in [0.3, 0.4) is 0 Å². The summed E-state index contributed by atoms with van der Waals surface area (Å²) in [6, 6.07) is 0. The van der Waals surface area contributed by atoms with Crippen LogP contribution in [-0.2, 0) is 9.84 Å². The van der Waals surface area contributed by atoms with Crippen LogP contribution in [0.25, 0.3) is 0 Å². The quantitative estimate of drug-likeness (QED) is 0.290. The van der Waals surface area contributed by atoms with Gasteiger partial charge in [0.25, 0.3) is 0 Å². The highest BCUT2D eigenvalue weighted by Gasteiger charge is 2.34.